The zero-order valence-electron chi connectivity index (χ0n) is 24.9. The third kappa shape index (κ3) is 10.4. The van der Waals surface area contributed by atoms with E-state index >= 15 is 0 Å². The molecule has 0 aliphatic carbocycles. The number of carbonyl (C=O) groups is 2. The van der Waals surface area contributed by atoms with Gasteiger partial charge in [0.1, 0.15) is 12.2 Å². The van der Waals surface area contributed by atoms with Crippen LogP contribution in [0.2, 0.25) is 0 Å². The van der Waals surface area contributed by atoms with Crippen LogP contribution in [0.1, 0.15) is 33.9 Å². The highest BCUT2D eigenvalue weighted by atomic mass is 32.2. The first kappa shape index (κ1) is 38.4. The molecule has 0 saturated carbocycles. The highest BCUT2D eigenvalue weighted by molar-refractivity contribution is 8.14. The van der Waals surface area contributed by atoms with Gasteiger partial charge in [0.15, 0.2) is 33.4 Å². The first-order chi connectivity index (χ1) is 20.5. The maximum atomic E-state index is 13.7. The highest BCUT2D eigenvalue weighted by Crippen LogP contribution is 2.50. The number of phosphoric acid groups is 1. The zero-order valence-corrected chi connectivity index (χ0v) is 27.4. The molecule has 0 fully saturated rings. The summed E-state index contributed by atoms with van der Waals surface area (Å²) in [6.07, 6.45) is -5.05. The Morgan fingerprint density at radius 1 is 1.02 bits per heavy atom. The van der Waals surface area contributed by atoms with E-state index in [1.165, 1.54) is 7.11 Å². The Morgan fingerprint density at radius 3 is 2.02 bits per heavy atom. The van der Waals surface area contributed by atoms with E-state index in [9.17, 15) is 39.0 Å². The number of methoxy groups -OCH3 is 1. The number of nitrogens with two attached hydrogens (primary N) is 1. The number of fused-ring (bicyclic) bond motifs is 1. The summed E-state index contributed by atoms with van der Waals surface area (Å²) in [5, 5.41) is 39.7. The van der Waals surface area contributed by atoms with Crippen molar-refractivity contribution in [3.63, 3.8) is 0 Å². The minimum atomic E-state index is -4.41. The Kier molecular flexibility index (Phi) is 14.6. The molecule has 6 N–H and O–H groups in total. The number of hydrogen-bond acceptors (Lipinski definition) is 17. The van der Waals surface area contributed by atoms with Crippen molar-refractivity contribution in [2.45, 2.75) is 46.1 Å². The molecular weight excluding hydrogens is 648 g/mol. The number of anilines is 1. The number of phosphoric ester groups is 1. The van der Waals surface area contributed by atoms with Gasteiger partial charge in [0, 0.05) is 18.6 Å². The summed E-state index contributed by atoms with van der Waals surface area (Å²) in [6, 6.07) is 0. The number of carbonyl (C=O) groups excluding carboxylic acids is 2. The van der Waals surface area contributed by atoms with Gasteiger partial charge in [-0.05, 0) is 27.7 Å². The summed E-state index contributed by atoms with van der Waals surface area (Å²) >= 11 is 1.69. The minimum Gasteiger partial charge on any atom is -0.395 e. The van der Waals surface area contributed by atoms with Crippen LogP contribution in [0.5, 0.6) is 0 Å². The molecule has 0 aromatic carbocycles. The van der Waals surface area contributed by atoms with E-state index in [0.717, 1.165) is 34.4 Å². The Hall–Kier alpha value is -1.77. The summed E-state index contributed by atoms with van der Waals surface area (Å²) in [7, 11) is -3.23. The molecule has 0 aliphatic rings. The molecule has 3 atom stereocenters. The lowest BCUT2D eigenvalue weighted by molar-refractivity contribution is -0.120. The van der Waals surface area contributed by atoms with Crippen molar-refractivity contribution >= 4 is 58.6 Å². The van der Waals surface area contributed by atoms with Crippen LogP contribution in [0.25, 0.3) is 11.2 Å². The first-order valence-corrected chi connectivity index (χ1v) is 16.6. The summed E-state index contributed by atoms with van der Waals surface area (Å²) in [5.74, 6) is -0.225. The third-order valence-electron chi connectivity index (χ3n) is 6.12. The summed E-state index contributed by atoms with van der Waals surface area (Å²) in [6.45, 7) is 4.30. The molecule has 0 amide bonds. The number of halogens is 1. The summed E-state index contributed by atoms with van der Waals surface area (Å²) in [4.78, 5) is 35.4. The highest BCUT2D eigenvalue weighted by Gasteiger charge is 2.35. The van der Waals surface area contributed by atoms with Gasteiger partial charge < -0.3 is 30.9 Å². The van der Waals surface area contributed by atoms with E-state index in [1.54, 1.807) is 27.7 Å². The predicted molar refractivity (Wildman–Crippen MR) is 160 cm³/mol. The fourth-order valence-corrected chi connectivity index (χ4v) is 6.17. The van der Waals surface area contributed by atoms with Gasteiger partial charge in [-0.3, -0.25) is 27.7 Å². The molecular formula is C24H39FN5O11PS2. The fraction of sp³-hybridized carbons (Fsp3) is 0.708. The second kappa shape index (κ2) is 16.7. The maximum absolute atomic E-state index is 13.7. The standard InChI is InChI=1S/C24H39FN5O11PS2/c1-23(2,11-31)20(35)43-8-6-39-42(37,40-7-9-44-21(36)24(3,4)12-32)41-10-14(38-5)16(33)19(34)30-13-27-15-17(26)28-22(25)29-18(15)30/h13-14,16,19,31-34H,6-12H2,1-5H3,(H2,26,28,29)/t14-,16+,19+/m1/s1. The molecule has 0 spiro atoms. The number of thioether (sulfide) groups is 2. The number of aliphatic hydroxyl groups is 4. The van der Waals surface area contributed by atoms with E-state index < -0.39 is 49.8 Å². The van der Waals surface area contributed by atoms with Crippen LogP contribution in [-0.4, -0.2) is 114 Å². The van der Waals surface area contributed by atoms with Crippen LogP contribution in [0.15, 0.2) is 6.33 Å². The predicted octanol–water partition coefficient (Wildman–Crippen LogP) is 1.13. The number of rotatable bonds is 19. The molecule has 2 heterocycles. The van der Waals surface area contributed by atoms with Crippen molar-refractivity contribution in [1.82, 2.24) is 19.5 Å². The Balaban J connectivity index is 2.11. The summed E-state index contributed by atoms with van der Waals surface area (Å²) < 4.78 is 49.5. The quantitative estimate of drug-likeness (QED) is 0.0790. The average molecular weight is 688 g/mol. The van der Waals surface area contributed by atoms with E-state index in [4.69, 9.17) is 24.0 Å². The molecule has 16 nitrogen and oxygen atoms in total. The topological polar surface area (TPSA) is 239 Å². The molecule has 2 aromatic rings. The number of nitrogen functional groups attached to an aromatic ring is 1. The lowest BCUT2D eigenvalue weighted by Gasteiger charge is -2.27. The van der Waals surface area contributed by atoms with Gasteiger partial charge in [-0.2, -0.15) is 14.4 Å². The molecule has 2 aromatic heterocycles. The van der Waals surface area contributed by atoms with Crippen molar-refractivity contribution in [1.29, 1.82) is 0 Å². The van der Waals surface area contributed by atoms with Gasteiger partial charge in [0.2, 0.25) is 0 Å². The largest absolute Gasteiger partial charge is 0.474 e. The van der Waals surface area contributed by atoms with E-state index in [2.05, 4.69) is 15.0 Å². The molecule has 0 saturated heterocycles. The number of aliphatic hydroxyl groups excluding tert-OH is 4. The third-order valence-corrected chi connectivity index (χ3v) is 9.95. The van der Waals surface area contributed by atoms with Gasteiger partial charge in [-0.1, -0.05) is 23.5 Å². The van der Waals surface area contributed by atoms with Crippen LogP contribution < -0.4 is 5.73 Å². The van der Waals surface area contributed by atoms with E-state index in [-0.39, 0.29) is 65.1 Å². The van der Waals surface area contributed by atoms with Gasteiger partial charge in [-0.25, -0.2) is 9.55 Å². The minimum absolute atomic E-state index is 0.0216. The van der Waals surface area contributed by atoms with Crippen molar-refractivity contribution in [2.75, 3.05) is 57.4 Å². The normalized spacial score (nSPS) is 15.0. The number of aromatic nitrogens is 4. The maximum Gasteiger partial charge on any atom is 0.474 e. The Morgan fingerprint density at radius 2 is 1.55 bits per heavy atom. The zero-order chi connectivity index (χ0) is 33.3. The molecule has 250 valence electrons. The molecule has 44 heavy (non-hydrogen) atoms. The summed E-state index contributed by atoms with van der Waals surface area (Å²) in [5.41, 5.74) is 3.41. The van der Waals surface area contributed by atoms with Crippen LogP contribution in [0.4, 0.5) is 10.2 Å². The van der Waals surface area contributed by atoms with Gasteiger partial charge in [0.25, 0.3) is 0 Å². The van der Waals surface area contributed by atoms with Gasteiger partial charge in [-0.15, -0.1) is 0 Å². The van der Waals surface area contributed by atoms with Crippen molar-refractivity contribution in [3.8, 4) is 0 Å². The second-order valence-corrected chi connectivity index (χ2v) is 14.5. The number of hydrogen-bond donors (Lipinski definition) is 5. The van der Waals surface area contributed by atoms with E-state index in [1.807, 2.05) is 0 Å². The lowest BCUT2D eigenvalue weighted by Crippen LogP contribution is -2.39. The van der Waals surface area contributed by atoms with Gasteiger partial charge >= 0.3 is 13.9 Å². The van der Waals surface area contributed by atoms with Crippen LogP contribution in [0, 0.1) is 16.9 Å². The monoisotopic (exact) mass is 687 g/mol. The Bertz CT molecular complexity index is 1280. The smallest absolute Gasteiger partial charge is 0.395 e. The molecule has 0 radical (unpaired) electrons. The SMILES string of the molecule is CO[C@H](COP(=O)(OCCSC(=O)C(C)(C)CO)OCCSC(=O)C(C)(C)CO)[C@H](O)[C@H](O)n1cnc2c(N)nc(F)nc21. The fourth-order valence-electron chi connectivity index (χ4n) is 3.13. The molecule has 2 rings (SSSR count). The molecule has 0 bridgehead atoms. The van der Waals surface area contributed by atoms with Crippen LogP contribution in [-0.2, 0) is 32.5 Å². The lowest BCUT2D eigenvalue weighted by atomic mass is 9.97. The molecule has 0 aliphatic heterocycles. The van der Waals surface area contributed by atoms with Crippen molar-refractivity contribution in [3.05, 3.63) is 12.4 Å². The average Bonchev–Trinajstić information content (AvgIpc) is 3.41. The van der Waals surface area contributed by atoms with Gasteiger partial charge in [0.05, 0.1) is 50.2 Å². The Labute approximate surface area is 261 Å². The van der Waals surface area contributed by atoms with Crippen molar-refractivity contribution < 1.29 is 57.3 Å². The number of nitrogens with zero attached hydrogens (tertiary/aromatic N) is 4. The first-order valence-electron chi connectivity index (χ1n) is 13.2. The number of imidazole rings is 1. The van der Waals surface area contributed by atoms with Crippen LogP contribution >= 0.6 is 31.3 Å². The second-order valence-electron chi connectivity index (χ2n) is 10.6. The number of ether oxygens (including phenoxy) is 1. The van der Waals surface area contributed by atoms with E-state index in [0.29, 0.717) is 0 Å². The van der Waals surface area contributed by atoms with Crippen LogP contribution in [0.3, 0.4) is 0 Å². The van der Waals surface area contributed by atoms with Crippen molar-refractivity contribution in [2.24, 2.45) is 10.8 Å². The molecule has 0 unspecified atom stereocenters. The molecule has 20 heteroatoms.